The van der Waals surface area contributed by atoms with Crippen LogP contribution in [0.4, 0.5) is 0 Å². The van der Waals surface area contributed by atoms with Gasteiger partial charge >= 0.3 is 0 Å². The lowest BCUT2D eigenvalue weighted by atomic mass is 9.80. The molecule has 0 aromatic heterocycles. The fraction of sp³-hybridized carbons (Fsp3) is 0.489. The van der Waals surface area contributed by atoms with Gasteiger partial charge in [-0.15, -0.1) is 0 Å². The lowest BCUT2D eigenvalue weighted by Gasteiger charge is -2.37. The van der Waals surface area contributed by atoms with E-state index in [0.29, 0.717) is 6.61 Å². The number of hydrogen-bond donors (Lipinski definition) is 0. The molecule has 6 heteroatoms. The van der Waals surface area contributed by atoms with Crippen LogP contribution >= 0.6 is 0 Å². The fourth-order valence-corrected chi connectivity index (χ4v) is 8.05. The predicted molar refractivity (Wildman–Crippen MR) is 219 cm³/mol. The maximum Gasteiger partial charge on any atom is 0.297 e. The van der Waals surface area contributed by atoms with Gasteiger partial charge in [0.1, 0.15) is 11.7 Å². The van der Waals surface area contributed by atoms with Gasteiger partial charge in [-0.1, -0.05) is 212 Å². The van der Waals surface area contributed by atoms with E-state index in [9.17, 15) is 8.42 Å². The van der Waals surface area contributed by atoms with Gasteiger partial charge in [-0.05, 0) is 42.2 Å². The van der Waals surface area contributed by atoms with E-state index in [1.807, 2.05) is 97.9 Å². The molecule has 0 amide bonds. The largest absolute Gasteiger partial charge is 0.379 e. The molecule has 0 radical (unpaired) electrons. The molecule has 53 heavy (non-hydrogen) atoms. The number of benzene rings is 4. The van der Waals surface area contributed by atoms with Crippen molar-refractivity contribution in [3.05, 3.63) is 138 Å². The first-order valence-corrected chi connectivity index (χ1v) is 21.7. The topological polar surface area (TPSA) is 61.8 Å². The standard InChI is InChI=1S/C47H64O5S/c1-3-4-5-6-7-8-9-10-11-12-13-14-15-16-17-27-38-50-39-45(52-53(48,49)46-36-34-41(2)35-37-46)40-51-47(42-28-21-18-22-29-42,43-30-23-19-24-31-43)44-32-25-20-26-33-44/h18-26,28-37,45H,3-17,27,38-40H2,1-2H3/t45-/m0/s1. The molecule has 4 aromatic rings. The minimum Gasteiger partial charge on any atom is -0.379 e. The highest BCUT2D eigenvalue weighted by Gasteiger charge is 2.39. The fourth-order valence-electron chi connectivity index (χ4n) is 7.00. The summed E-state index contributed by atoms with van der Waals surface area (Å²) in [6, 6.07) is 36.9. The van der Waals surface area contributed by atoms with Gasteiger partial charge in [0, 0.05) is 6.61 Å². The summed E-state index contributed by atoms with van der Waals surface area (Å²) in [5, 5.41) is 0. The molecule has 4 rings (SSSR count). The third-order valence-corrected chi connectivity index (χ3v) is 11.4. The highest BCUT2D eigenvalue weighted by Crippen LogP contribution is 2.40. The molecule has 4 aromatic carbocycles. The molecule has 0 fully saturated rings. The molecule has 0 aliphatic heterocycles. The van der Waals surface area contributed by atoms with Crippen LogP contribution in [0.3, 0.4) is 0 Å². The molecule has 0 saturated carbocycles. The van der Waals surface area contributed by atoms with E-state index in [-0.39, 0.29) is 18.1 Å². The SMILES string of the molecule is CCCCCCCCCCCCCCCCCCOC[C@@H](COC(c1ccccc1)(c1ccccc1)c1ccccc1)OS(=O)(=O)c1ccc(C)cc1. The van der Waals surface area contributed by atoms with Crippen LogP contribution in [-0.2, 0) is 29.4 Å². The van der Waals surface area contributed by atoms with Crippen molar-refractivity contribution in [1.29, 1.82) is 0 Å². The Labute approximate surface area is 321 Å². The first kappa shape index (κ1) is 42.5. The number of hydrogen-bond acceptors (Lipinski definition) is 5. The van der Waals surface area contributed by atoms with E-state index in [1.54, 1.807) is 24.3 Å². The summed E-state index contributed by atoms with van der Waals surface area (Å²) in [5.74, 6) is 0. The summed E-state index contributed by atoms with van der Waals surface area (Å²) in [7, 11) is -4.07. The second kappa shape index (κ2) is 24.2. The van der Waals surface area contributed by atoms with Crippen LogP contribution in [0.25, 0.3) is 0 Å². The number of ether oxygens (including phenoxy) is 2. The quantitative estimate of drug-likeness (QED) is 0.0330. The summed E-state index contributed by atoms with van der Waals surface area (Å²) in [5.41, 5.74) is 2.78. The number of aryl methyl sites for hydroxylation is 1. The minimum atomic E-state index is -4.07. The van der Waals surface area contributed by atoms with Crippen molar-refractivity contribution in [2.75, 3.05) is 19.8 Å². The van der Waals surface area contributed by atoms with Gasteiger partial charge < -0.3 is 9.47 Å². The van der Waals surface area contributed by atoms with E-state index >= 15 is 0 Å². The molecular weight excluding hydrogens is 677 g/mol. The van der Waals surface area contributed by atoms with Gasteiger partial charge in [-0.2, -0.15) is 8.42 Å². The van der Waals surface area contributed by atoms with Crippen molar-refractivity contribution in [3.63, 3.8) is 0 Å². The highest BCUT2D eigenvalue weighted by molar-refractivity contribution is 7.86. The highest BCUT2D eigenvalue weighted by atomic mass is 32.2. The zero-order valence-electron chi connectivity index (χ0n) is 32.4. The lowest BCUT2D eigenvalue weighted by molar-refractivity contribution is -0.0535. The molecule has 0 saturated heterocycles. The zero-order valence-corrected chi connectivity index (χ0v) is 33.2. The molecule has 0 spiro atoms. The van der Waals surface area contributed by atoms with E-state index in [4.69, 9.17) is 13.7 Å². The first-order chi connectivity index (χ1) is 26.0. The molecule has 1 atom stereocenters. The molecule has 0 N–H and O–H groups in total. The monoisotopic (exact) mass is 740 g/mol. The lowest BCUT2D eigenvalue weighted by Crippen LogP contribution is -2.38. The van der Waals surface area contributed by atoms with Gasteiger partial charge in [0.15, 0.2) is 0 Å². The molecule has 0 unspecified atom stereocenters. The van der Waals surface area contributed by atoms with Gasteiger partial charge in [-0.25, -0.2) is 0 Å². The van der Waals surface area contributed by atoms with E-state index < -0.39 is 21.8 Å². The van der Waals surface area contributed by atoms with Crippen LogP contribution in [0.15, 0.2) is 120 Å². The second-order valence-corrected chi connectivity index (χ2v) is 16.0. The van der Waals surface area contributed by atoms with Crippen molar-refractivity contribution in [1.82, 2.24) is 0 Å². The Morgan fingerprint density at radius 2 is 0.906 bits per heavy atom. The average Bonchev–Trinajstić information content (AvgIpc) is 3.19. The molecule has 0 heterocycles. The first-order valence-electron chi connectivity index (χ1n) is 20.3. The van der Waals surface area contributed by atoms with Crippen molar-refractivity contribution >= 4 is 10.1 Å². The normalized spacial score (nSPS) is 12.6. The molecule has 0 aliphatic rings. The van der Waals surface area contributed by atoms with Crippen molar-refractivity contribution < 1.29 is 22.1 Å². The van der Waals surface area contributed by atoms with Crippen LogP contribution in [0, 0.1) is 6.92 Å². The maximum atomic E-state index is 13.5. The third-order valence-electron chi connectivity index (χ3n) is 10.0. The Balaban J connectivity index is 1.32. The van der Waals surface area contributed by atoms with Gasteiger partial charge in [-0.3, -0.25) is 4.18 Å². The van der Waals surface area contributed by atoms with Crippen molar-refractivity contribution in [2.45, 2.75) is 133 Å². The van der Waals surface area contributed by atoms with Crippen LogP contribution in [0.5, 0.6) is 0 Å². The summed E-state index contributed by atoms with van der Waals surface area (Å²) in [6.07, 6.45) is 20.1. The predicted octanol–water partition coefficient (Wildman–Crippen LogP) is 12.4. The Bertz CT molecular complexity index is 1510. The Hall–Kier alpha value is -3.29. The minimum absolute atomic E-state index is 0.0112. The summed E-state index contributed by atoms with van der Waals surface area (Å²) < 4.78 is 46.1. The summed E-state index contributed by atoms with van der Waals surface area (Å²) >= 11 is 0. The van der Waals surface area contributed by atoms with E-state index in [2.05, 4.69) is 6.92 Å². The van der Waals surface area contributed by atoms with Crippen LogP contribution in [-0.4, -0.2) is 34.3 Å². The molecule has 288 valence electrons. The Morgan fingerprint density at radius 3 is 1.32 bits per heavy atom. The average molecular weight is 741 g/mol. The van der Waals surface area contributed by atoms with Crippen LogP contribution in [0.1, 0.15) is 132 Å². The number of unbranched alkanes of at least 4 members (excludes halogenated alkanes) is 15. The smallest absolute Gasteiger partial charge is 0.297 e. The van der Waals surface area contributed by atoms with E-state index in [1.165, 1.54) is 89.9 Å². The third kappa shape index (κ3) is 14.5. The zero-order chi connectivity index (χ0) is 37.5. The summed E-state index contributed by atoms with van der Waals surface area (Å²) in [6.45, 7) is 4.84. The molecule has 0 bridgehead atoms. The van der Waals surface area contributed by atoms with Crippen LogP contribution < -0.4 is 0 Å². The Kier molecular flexibility index (Phi) is 19.4. The second-order valence-electron chi connectivity index (χ2n) is 14.5. The van der Waals surface area contributed by atoms with Gasteiger partial charge in [0.05, 0.1) is 18.1 Å². The van der Waals surface area contributed by atoms with E-state index in [0.717, 1.165) is 35.1 Å². The number of rotatable bonds is 28. The van der Waals surface area contributed by atoms with Gasteiger partial charge in [0.2, 0.25) is 0 Å². The molecular formula is C47H64O5S. The molecule has 5 nitrogen and oxygen atoms in total. The van der Waals surface area contributed by atoms with Crippen molar-refractivity contribution in [2.24, 2.45) is 0 Å². The van der Waals surface area contributed by atoms with Gasteiger partial charge in [0.25, 0.3) is 10.1 Å². The maximum absolute atomic E-state index is 13.5. The van der Waals surface area contributed by atoms with Crippen LogP contribution in [0.2, 0.25) is 0 Å². The molecule has 0 aliphatic carbocycles. The summed E-state index contributed by atoms with van der Waals surface area (Å²) in [4.78, 5) is 0.117. The Morgan fingerprint density at radius 1 is 0.509 bits per heavy atom. The van der Waals surface area contributed by atoms with Crippen molar-refractivity contribution in [3.8, 4) is 0 Å².